The molecule has 1 heterocycles. The molecule has 0 spiro atoms. The highest BCUT2D eigenvalue weighted by Gasteiger charge is 2.22. The molecule has 110 valence electrons. The molecule has 1 atom stereocenters. The third-order valence-electron chi connectivity index (χ3n) is 2.79. The van der Waals surface area contributed by atoms with Crippen LogP contribution in [-0.2, 0) is 11.3 Å². The lowest BCUT2D eigenvalue weighted by Crippen LogP contribution is -2.28. The number of nitrogens with zero attached hydrogens (tertiary/aromatic N) is 1. The number of aromatic nitrogens is 1. The smallest absolute Gasteiger partial charge is 0.407 e. The number of carboxylic acids is 1. The van der Waals surface area contributed by atoms with E-state index in [2.05, 4.69) is 15.0 Å². The van der Waals surface area contributed by atoms with E-state index < -0.39 is 18.1 Å². The molecule has 1 aromatic carbocycles. The molecule has 0 aliphatic carbocycles. The normalized spacial score (nSPS) is 11.7. The minimum absolute atomic E-state index is 0.0918. The summed E-state index contributed by atoms with van der Waals surface area (Å²) in [7, 11) is 0. The Hall–Kier alpha value is -2.83. The number of hydrogen-bond acceptors (Lipinski definition) is 5. The summed E-state index contributed by atoms with van der Waals surface area (Å²) < 4.78 is 9.66. The fourth-order valence-corrected chi connectivity index (χ4v) is 1.73. The fourth-order valence-electron chi connectivity index (χ4n) is 1.73. The number of carbonyl (C=O) groups is 2. The van der Waals surface area contributed by atoms with Gasteiger partial charge in [0.2, 0.25) is 0 Å². The first-order chi connectivity index (χ1) is 10.1. The Bertz CT molecular complexity index is 623. The SMILES string of the molecule is CC(NC(=O)OCc1ccccc1)c1nocc1C(=O)O. The zero-order valence-corrected chi connectivity index (χ0v) is 11.3. The van der Waals surface area contributed by atoms with Gasteiger partial charge < -0.3 is 19.7 Å². The van der Waals surface area contributed by atoms with E-state index in [1.54, 1.807) is 6.92 Å². The molecule has 1 amide bonds. The summed E-state index contributed by atoms with van der Waals surface area (Å²) in [6, 6.07) is 8.57. The molecule has 0 aliphatic heterocycles. The maximum atomic E-state index is 11.7. The van der Waals surface area contributed by atoms with E-state index in [0.29, 0.717) is 0 Å². The van der Waals surface area contributed by atoms with Crippen molar-refractivity contribution in [3.8, 4) is 0 Å². The highest BCUT2D eigenvalue weighted by molar-refractivity contribution is 5.88. The average molecular weight is 290 g/mol. The second kappa shape index (κ2) is 6.56. The molecule has 0 saturated carbocycles. The first-order valence-electron chi connectivity index (χ1n) is 6.22. The molecule has 0 fully saturated rings. The Labute approximate surface area is 120 Å². The first kappa shape index (κ1) is 14.6. The zero-order valence-electron chi connectivity index (χ0n) is 11.3. The van der Waals surface area contributed by atoms with Crippen molar-refractivity contribution in [2.45, 2.75) is 19.6 Å². The maximum Gasteiger partial charge on any atom is 0.407 e. The van der Waals surface area contributed by atoms with Gasteiger partial charge >= 0.3 is 12.1 Å². The Balaban J connectivity index is 1.90. The van der Waals surface area contributed by atoms with Gasteiger partial charge in [-0.05, 0) is 12.5 Å². The summed E-state index contributed by atoms with van der Waals surface area (Å²) >= 11 is 0. The van der Waals surface area contributed by atoms with Gasteiger partial charge in [0.15, 0.2) is 0 Å². The lowest BCUT2D eigenvalue weighted by atomic mass is 10.1. The van der Waals surface area contributed by atoms with Crippen molar-refractivity contribution in [2.75, 3.05) is 0 Å². The second-order valence-corrected chi connectivity index (χ2v) is 4.35. The number of benzene rings is 1. The minimum atomic E-state index is -1.17. The van der Waals surface area contributed by atoms with Crippen molar-refractivity contribution in [1.29, 1.82) is 0 Å². The van der Waals surface area contributed by atoms with Crippen LogP contribution in [0.1, 0.15) is 34.6 Å². The average Bonchev–Trinajstić information content (AvgIpc) is 2.96. The van der Waals surface area contributed by atoms with Gasteiger partial charge in [-0.25, -0.2) is 9.59 Å². The lowest BCUT2D eigenvalue weighted by Gasteiger charge is -2.12. The zero-order chi connectivity index (χ0) is 15.2. The van der Waals surface area contributed by atoms with Crippen LogP contribution in [-0.4, -0.2) is 22.3 Å². The number of alkyl carbamates (subject to hydrolysis) is 1. The summed E-state index contributed by atoms with van der Waals surface area (Å²) in [4.78, 5) is 22.6. The molecule has 2 aromatic rings. The van der Waals surface area contributed by atoms with Crippen LogP contribution in [0.4, 0.5) is 4.79 Å². The first-order valence-corrected chi connectivity index (χ1v) is 6.22. The molecule has 0 saturated heterocycles. The van der Waals surface area contributed by atoms with Crippen LogP contribution in [0.5, 0.6) is 0 Å². The number of carbonyl (C=O) groups excluding carboxylic acids is 1. The molecular weight excluding hydrogens is 276 g/mol. The van der Waals surface area contributed by atoms with Crippen LogP contribution >= 0.6 is 0 Å². The maximum absolute atomic E-state index is 11.7. The van der Waals surface area contributed by atoms with Crippen LogP contribution in [0.3, 0.4) is 0 Å². The highest BCUT2D eigenvalue weighted by atomic mass is 16.5. The number of carboxylic acid groups (broad SMARTS) is 1. The third-order valence-corrected chi connectivity index (χ3v) is 2.79. The van der Waals surface area contributed by atoms with Crippen molar-refractivity contribution >= 4 is 12.1 Å². The second-order valence-electron chi connectivity index (χ2n) is 4.35. The fraction of sp³-hybridized carbons (Fsp3) is 0.214. The highest BCUT2D eigenvalue weighted by Crippen LogP contribution is 2.16. The molecule has 0 radical (unpaired) electrons. The molecule has 1 unspecified atom stereocenters. The summed E-state index contributed by atoms with van der Waals surface area (Å²) in [5.41, 5.74) is 0.901. The van der Waals surface area contributed by atoms with Gasteiger partial charge in [-0.1, -0.05) is 35.5 Å². The van der Waals surface area contributed by atoms with Gasteiger partial charge in [0, 0.05) is 0 Å². The van der Waals surface area contributed by atoms with Gasteiger partial charge in [-0.2, -0.15) is 0 Å². The van der Waals surface area contributed by atoms with E-state index >= 15 is 0 Å². The van der Waals surface area contributed by atoms with E-state index in [0.717, 1.165) is 11.8 Å². The van der Waals surface area contributed by atoms with Gasteiger partial charge in [0.1, 0.15) is 24.1 Å². The molecule has 1 aromatic heterocycles. The van der Waals surface area contributed by atoms with Gasteiger partial charge in [0.05, 0.1) is 6.04 Å². The number of aromatic carboxylic acids is 1. The Kier molecular flexibility index (Phi) is 4.55. The van der Waals surface area contributed by atoms with Crippen molar-refractivity contribution in [3.05, 3.63) is 53.4 Å². The van der Waals surface area contributed by atoms with Crippen molar-refractivity contribution < 1.29 is 24.0 Å². The van der Waals surface area contributed by atoms with E-state index in [9.17, 15) is 9.59 Å². The number of amides is 1. The molecule has 7 heteroatoms. The Morgan fingerprint density at radius 2 is 2.10 bits per heavy atom. The summed E-state index contributed by atoms with van der Waals surface area (Å²) in [5.74, 6) is -1.17. The van der Waals surface area contributed by atoms with Gasteiger partial charge in [-0.3, -0.25) is 0 Å². The number of hydrogen-bond donors (Lipinski definition) is 2. The number of ether oxygens (including phenoxy) is 1. The predicted molar refractivity (Wildman–Crippen MR) is 71.6 cm³/mol. The summed E-state index contributed by atoms with van der Waals surface area (Å²) in [6.45, 7) is 1.72. The quantitative estimate of drug-likeness (QED) is 0.876. The van der Waals surface area contributed by atoms with Crippen molar-refractivity contribution in [1.82, 2.24) is 10.5 Å². The van der Waals surface area contributed by atoms with E-state index in [4.69, 9.17) is 9.84 Å². The number of rotatable bonds is 5. The molecule has 2 rings (SSSR count). The van der Waals surface area contributed by atoms with E-state index in [1.165, 1.54) is 0 Å². The van der Waals surface area contributed by atoms with E-state index in [-0.39, 0.29) is 17.9 Å². The number of nitrogens with one attached hydrogen (secondary N) is 1. The molecular formula is C14H14N2O5. The van der Waals surface area contributed by atoms with Crippen LogP contribution in [0.2, 0.25) is 0 Å². The van der Waals surface area contributed by atoms with Crippen LogP contribution in [0, 0.1) is 0 Å². The van der Waals surface area contributed by atoms with Crippen LogP contribution in [0.25, 0.3) is 0 Å². The molecule has 7 nitrogen and oxygen atoms in total. The summed E-state index contributed by atoms with van der Waals surface area (Å²) in [5, 5.41) is 15.0. The monoisotopic (exact) mass is 290 g/mol. The topological polar surface area (TPSA) is 102 Å². The van der Waals surface area contributed by atoms with Gasteiger partial charge in [0.25, 0.3) is 0 Å². The molecule has 21 heavy (non-hydrogen) atoms. The Morgan fingerprint density at radius 1 is 1.38 bits per heavy atom. The van der Waals surface area contributed by atoms with Crippen molar-refractivity contribution in [3.63, 3.8) is 0 Å². The molecule has 2 N–H and O–H groups in total. The summed E-state index contributed by atoms with van der Waals surface area (Å²) in [6.07, 6.45) is 0.358. The van der Waals surface area contributed by atoms with Crippen LogP contribution in [0.15, 0.2) is 41.1 Å². The Morgan fingerprint density at radius 3 is 2.76 bits per heavy atom. The van der Waals surface area contributed by atoms with Gasteiger partial charge in [-0.15, -0.1) is 0 Å². The molecule has 0 bridgehead atoms. The largest absolute Gasteiger partial charge is 0.478 e. The van der Waals surface area contributed by atoms with Crippen molar-refractivity contribution in [2.24, 2.45) is 0 Å². The third kappa shape index (κ3) is 3.82. The standard InChI is InChI=1S/C14H14N2O5/c1-9(12-11(13(17)18)8-21-16-12)15-14(19)20-7-10-5-3-2-4-6-10/h2-6,8-9H,7H2,1H3,(H,15,19)(H,17,18). The predicted octanol–water partition coefficient (Wildman–Crippen LogP) is 2.36. The molecule has 0 aliphatic rings. The van der Waals surface area contributed by atoms with E-state index in [1.807, 2.05) is 30.3 Å². The lowest BCUT2D eigenvalue weighted by molar-refractivity contribution is 0.0693. The van der Waals surface area contributed by atoms with Crippen LogP contribution < -0.4 is 5.32 Å². The minimum Gasteiger partial charge on any atom is -0.478 e.